The van der Waals surface area contributed by atoms with E-state index in [2.05, 4.69) is 35.9 Å². The van der Waals surface area contributed by atoms with Crippen LogP contribution in [0, 0.1) is 13.8 Å². The monoisotopic (exact) mass is 649 g/mol. The number of nitrogens with zero attached hydrogens (tertiary/aromatic N) is 4. The average Bonchev–Trinajstić information content (AvgIpc) is 3.63. The summed E-state index contributed by atoms with van der Waals surface area (Å²) >= 11 is 3.59. The van der Waals surface area contributed by atoms with E-state index in [1.54, 1.807) is 38.2 Å². The summed E-state index contributed by atoms with van der Waals surface area (Å²) in [4.78, 5) is 12.9. The molecule has 1 aliphatic rings. The van der Waals surface area contributed by atoms with Crippen molar-refractivity contribution in [1.82, 2.24) is 28.5 Å². The van der Waals surface area contributed by atoms with Crippen molar-refractivity contribution >= 4 is 52.8 Å². The van der Waals surface area contributed by atoms with Gasteiger partial charge in [-0.05, 0) is 67.4 Å². The molecular formula is C26H32BrN7O4S2. The second-order valence-corrected chi connectivity index (χ2v) is 14.7. The van der Waals surface area contributed by atoms with E-state index < -0.39 is 20.0 Å². The quantitative estimate of drug-likeness (QED) is 0.249. The molecule has 3 aromatic heterocycles. The van der Waals surface area contributed by atoms with Gasteiger partial charge in [0.1, 0.15) is 11.3 Å². The van der Waals surface area contributed by atoms with Crippen LogP contribution in [0.25, 0.3) is 28.2 Å². The van der Waals surface area contributed by atoms with E-state index in [-0.39, 0.29) is 16.7 Å². The first kappa shape index (κ1) is 28.7. The van der Waals surface area contributed by atoms with Crippen molar-refractivity contribution in [2.75, 3.05) is 30.7 Å². The fourth-order valence-electron chi connectivity index (χ4n) is 5.15. The van der Waals surface area contributed by atoms with Gasteiger partial charge in [0.05, 0.1) is 20.8 Å². The molecule has 0 aliphatic carbocycles. The molecule has 214 valence electrons. The van der Waals surface area contributed by atoms with Gasteiger partial charge < -0.3 is 14.9 Å². The van der Waals surface area contributed by atoms with Gasteiger partial charge in [-0.25, -0.2) is 31.5 Å². The van der Waals surface area contributed by atoms with Gasteiger partial charge in [0.15, 0.2) is 5.65 Å². The standard InChI is InChI=1S/C26H32BrN7O4S2/c1-5-29-40(37,38)20-9-7-8-19(13-20)34-16(3)12-21(17(34)4)25-31-24-23(22(27)14-28-26(24)32-25)30-18-10-11-33(15-18)39(35,36)6-2/h7-9,12-14,18,29H,5-6,10-11,15H2,1-4H3,(H2,28,30,31,32). The molecule has 1 aliphatic heterocycles. The fraction of sp³-hybridized carbons (Fsp3) is 0.385. The molecule has 11 nitrogen and oxygen atoms in total. The zero-order chi connectivity index (χ0) is 28.8. The van der Waals surface area contributed by atoms with E-state index in [9.17, 15) is 16.8 Å². The number of aryl methyl sites for hydroxylation is 1. The number of halogens is 1. The first-order valence-electron chi connectivity index (χ1n) is 13.0. The van der Waals surface area contributed by atoms with E-state index >= 15 is 0 Å². The molecule has 4 aromatic rings. The Balaban J connectivity index is 1.50. The van der Waals surface area contributed by atoms with Crippen molar-refractivity contribution in [3.8, 4) is 17.1 Å². The van der Waals surface area contributed by atoms with Crippen LogP contribution in [0.5, 0.6) is 0 Å². The Hall–Kier alpha value is -2.78. The number of fused-ring (bicyclic) bond motifs is 1. The number of sulfonamides is 2. The zero-order valence-corrected chi connectivity index (χ0v) is 25.9. The molecule has 4 heterocycles. The van der Waals surface area contributed by atoms with Crippen molar-refractivity contribution in [3.63, 3.8) is 0 Å². The summed E-state index contributed by atoms with van der Waals surface area (Å²) in [7, 11) is -6.84. The Bertz CT molecular complexity index is 1800. The Morgan fingerprint density at radius 2 is 1.93 bits per heavy atom. The molecule has 1 atom stereocenters. The summed E-state index contributed by atoms with van der Waals surface area (Å²) in [6.45, 7) is 8.52. The van der Waals surface area contributed by atoms with Crippen molar-refractivity contribution < 1.29 is 16.8 Å². The SMILES string of the molecule is CCNS(=O)(=O)c1cccc(-n2c(C)cc(-c3nc4ncc(Br)c(NC5CCN(S(=O)(=O)CC)C5)c4[nH]3)c2C)c1. The third kappa shape index (κ3) is 5.30. The molecule has 1 unspecified atom stereocenters. The van der Waals surface area contributed by atoms with Gasteiger partial charge in [-0.15, -0.1) is 0 Å². The summed E-state index contributed by atoms with van der Waals surface area (Å²) in [5.74, 6) is 0.710. The van der Waals surface area contributed by atoms with E-state index in [1.807, 2.05) is 30.5 Å². The summed E-state index contributed by atoms with van der Waals surface area (Å²) in [5, 5.41) is 3.50. The highest BCUT2D eigenvalue weighted by Gasteiger charge is 2.31. The fourth-order valence-corrected chi connectivity index (χ4v) is 7.80. The molecule has 1 aromatic carbocycles. The van der Waals surface area contributed by atoms with Crippen molar-refractivity contribution in [3.05, 3.63) is 52.4 Å². The van der Waals surface area contributed by atoms with Crippen LogP contribution < -0.4 is 10.0 Å². The maximum Gasteiger partial charge on any atom is 0.240 e. The number of aromatic amines is 1. The highest BCUT2D eigenvalue weighted by atomic mass is 79.9. The second kappa shape index (κ2) is 10.9. The molecule has 0 bridgehead atoms. The number of benzene rings is 1. The number of H-pyrrole nitrogens is 1. The van der Waals surface area contributed by atoms with E-state index in [0.717, 1.165) is 32.8 Å². The number of nitrogens with one attached hydrogen (secondary N) is 3. The van der Waals surface area contributed by atoms with Gasteiger partial charge in [0.2, 0.25) is 20.0 Å². The molecular weight excluding hydrogens is 618 g/mol. The minimum absolute atomic E-state index is 0.0502. The van der Waals surface area contributed by atoms with Gasteiger partial charge in [-0.2, -0.15) is 4.31 Å². The summed E-state index contributed by atoms with van der Waals surface area (Å²) in [6, 6.07) is 8.79. The molecule has 0 radical (unpaired) electrons. The predicted molar refractivity (Wildman–Crippen MR) is 160 cm³/mol. The lowest BCUT2D eigenvalue weighted by molar-refractivity contribution is 0.476. The van der Waals surface area contributed by atoms with Gasteiger partial charge >= 0.3 is 0 Å². The van der Waals surface area contributed by atoms with Gasteiger partial charge in [0.25, 0.3) is 0 Å². The molecule has 3 N–H and O–H groups in total. The minimum atomic E-state index is -3.60. The summed E-state index contributed by atoms with van der Waals surface area (Å²) < 4.78 is 56.7. The molecule has 40 heavy (non-hydrogen) atoms. The highest BCUT2D eigenvalue weighted by molar-refractivity contribution is 9.10. The van der Waals surface area contributed by atoms with Crippen molar-refractivity contribution in [2.24, 2.45) is 0 Å². The molecule has 0 saturated carbocycles. The lowest BCUT2D eigenvalue weighted by atomic mass is 10.2. The molecule has 5 rings (SSSR count). The Labute approximate surface area is 242 Å². The Morgan fingerprint density at radius 1 is 1.15 bits per heavy atom. The summed E-state index contributed by atoms with van der Waals surface area (Å²) in [6.07, 6.45) is 2.38. The molecule has 14 heteroatoms. The molecule has 1 fully saturated rings. The van der Waals surface area contributed by atoms with Crippen LogP contribution in [-0.4, -0.2) is 72.1 Å². The lowest BCUT2D eigenvalue weighted by Crippen LogP contribution is -2.32. The first-order valence-corrected chi connectivity index (χ1v) is 16.9. The third-order valence-electron chi connectivity index (χ3n) is 7.14. The van der Waals surface area contributed by atoms with Crippen LogP contribution in [0.4, 0.5) is 5.69 Å². The molecule has 1 saturated heterocycles. The number of anilines is 1. The normalized spacial score (nSPS) is 16.7. The molecule has 0 spiro atoms. The highest BCUT2D eigenvalue weighted by Crippen LogP contribution is 2.34. The number of rotatable bonds is 9. The largest absolute Gasteiger partial charge is 0.378 e. The Morgan fingerprint density at radius 3 is 2.65 bits per heavy atom. The van der Waals surface area contributed by atoms with Crippen molar-refractivity contribution in [1.29, 1.82) is 0 Å². The van der Waals surface area contributed by atoms with E-state index in [4.69, 9.17) is 4.98 Å². The van der Waals surface area contributed by atoms with Crippen LogP contribution in [0.2, 0.25) is 0 Å². The predicted octanol–water partition coefficient (Wildman–Crippen LogP) is 3.93. The first-order chi connectivity index (χ1) is 18.9. The van der Waals surface area contributed by atoms with Crippen LogP contribution >= 0.6 is 15.9 Å². The maximum atomic E-state index is 12.6. The van der Waals surface area contributed by atoms with Gasteiger partial charge in [0, 0.05) is 54.5 Å². The van der Waals surface area contributed by atoms with Crippen LogP contribution in [-0.2, 0) is 20.0 Å². The number of hydrogen-bond acceptors (Lipinski definition) is 7. The number of imidazole rings is 1. The average molecular weight is 651 g/mol. The Kier molecular flexibility index (Phi) is 7.83. The topological polar surface area (TPSA) is 142 Å². The van der Waals surface area contributed by atoms with E-state index in [0.29, 0.717) is 43.0 Å². The lowest BCUT2D eigenvalue weighted by Gasteiger charge is -2.17. The van der Waals surface area contributed by atoms with Crippen LogP contribution in [0.15, 0.2) is 45.9 Å². The van der Waals surface area contributed by atoms with Crippen LogP contribution in [0.3, 0.4) is 0 Å². The zero-order valence-electron chi connectivity index (χ0n) is 22.7. The minimum Gasteiger partial charge on any atom is -0.378 e. The molecule has 0 amide bonds. The number of aromatic nitrogens is 4. The van der Waals surface area contributed by atoms with Gasteiger partial charge in [-0.3, -0.25) is 0 Å². The smallest absolute Gasteiger partial charge is 0.240 e. The third-order valence-corrected chi connectivity index (χ3v) is 11.1. The van der Waals surface area contributed by atoms with Gasteiger partial charge in [-0.1, -0.05) is 13.0 Å². The van der Waals surface area contributed by atoms with E-state index in [1.165, 1.54) is 4.31 Å². The van der Waals surface area contributed by atoms with Crippen molar-refractivity contribution in [2.45, 2.75) is 45.1 Å². The maximum absolute atomic E-state index is 12.6. The van der Waals surface area contributed by atoms with Crippen LogP contribution in [0.1, 0.15) is 31.7 Å². The number of hydrogen-bond donors (Lipinski definition) is 3. The number of pyridine rings is 1. The second-order valence-electron chi connectivity index (χ2n) is 9.77. The summed E-state index contributed by atoms with van der Waals surface area (Å²) in [5.41, 5.74) is 5.41.